The van der Waals surface area contributed by atoms with Crippen molar-refractivity contribution in [2.45, 2.75) is 13.3 Å². The highest BCUT2D eigenvalue weighted by molar-refractivity contribution is 6.35. The van der Waals surface area contributed by atoms with Crippen molar-refractivity contribution in [2.75, 3.05) is 11.9 Å². The van der Waals surface area contributed by atoms with Crippen LogP contribution in [0.3, 0.4) is 0 Å². The molecule has 110 valence electrons. The smallest absolute Gasteiger partial charge is 0.337 e. The molecule has 0 unspecified atom stereocenters. The van der Waals surface area contributed by atoms with E-state index in [1.54, 1.807) is 6.07 Å². The van der Waals surface area contributed by atoms with Crippen LogP contribution in [0.2, 0.25) is 5.02 Å². The average Bonchev–Trinajstić information content (AvgIpc) is 2.42. The van der Waals surface area contributed by atoms with E-state index >= 15 is 0 Å². The number of aryl methyl sites for hydroxylation is 1. The Hall–Kier alpha value is -2.14. The fourth-order valence-electron chi connectivity index (χ4n) is 1.99. The molecular weight excluding hydrogens is 295 g/mol. The lowest BCUT2D eigenvalue weighted by molar-refractivity contribution is 0.0697. The molecule has 1 aromatic carbocycles. The third-order valence-corrected chi connectivity index (χ3v) is 3.49. The highest BCUT2D eigenvalue weighted by atomic mass is 35.5. The molecule has 4 nitrogen and oxygen atoms in total. The highest BCUT2D eigenvalue weighted by Gasteiger charge is 2.12. The Morgan fingerprint density at radius 3 is 2.86 bits per heavy atom. The van der Waals surface area contributed by atoms with Crippen molar-refractivity contribution in [2.24, 2.45) is 0 Å². The molecule has 2 N–H and O–H groups in total. The molecule has 0 bridgehead atoms. The van der Waals surface area contributed by atoms with Crippen LogP contribution in [0.4, 0.5) is 10.2 Å². The van der Waals surface area contributed by atoms with Gasteiger partial charge in [-0.1, -0.05) is 17.7 Å². The van der Waals surface area contributed by atoms with Gasteiger partial charge in [0.25, 0.3) is 0 Å². The lowest BCUT2D eigenvalue weighted by Gasteiger charge is -2.10. The van der Waals surface area contributed by atoms with Crippen LogP contribution in [0, 0.1) is 12.7 Å². The van der Waals surface area contributed by atoms with E-state index in [1.807, 2.05) is 6.92 Å². The van der Waals surface area contributed by atoms with Gasteiger partial charge in [-0.3, -0.25) is 0 Å². The molecule has 6 heteroatoms. The third kappa shape index (κ3) is 3.70. The number of nitrogens with one attached hydrogen (secondary N) is 1. The molecule has 2 aromatic rings. The largest absolute Gasteiger partial charge is 0.478 e. The monoisotopic (exact) mass is 308 g/mol. The minimum atomic E-state index is -1.10. The number of pyridine rings is 1. The van der Waals surface area contributed by atoms with Crippen molar-refractivity contribution in [3.05, 3.63) is 58.0 Å². The fourth-order valence-corrected chi connectivity index (χ4v) is 2.25. The Morgan fingerprint density at radius 2 is 2.19 bits per heavy atom. The van der Waals surface area contributed by atoms with Crippen LogP contribution in [0.25, 0.3) is 0 Å². The van der Waals surface area contributed by atoms with Gasteiger partial charge in [0.05, 0.1) is 10.6 Å². The van der Waals surface area contributed by atoms with Gasteiger partial charge in [-0.05, 0) is 42.7 Å². The summed E-state index contributed by atoms with van der Waals surface area (Å²) in [5, 5.41) is 12.1. The Morgan fingerprint density at radius 1 is 1.43 bits per heavy atom. The van der Waals surface area contributed by atoms with E-state index in [1.165, 1.54) is 24.4 Å². The number of carboxylic acid groups (broad SMARTS) is 1. The quantitative estimate of drug-likeness (QED) is 0.887. The number of hydrogen-bond acceptors (Lipinski definition) is 3. The molecule has 0 radical (unpaired) electrons. The lowest BCUT2D eigenvalue weighted by atomic mass is 10.1. The Bertz CT molecular complexity index is 677. The van der Waals surface area contributed by atoms with E-state index in [4.69, 9.17) is 16.7 Å². The second-order valence-electron chi connectivity index (χ2n) is 4.57. The SMILES string of the molecule is Cc1cc(F)ccc1CCNc1nccc(C(=O)O)c1Cl. The summed E-state index contributed by atoms with van der Waals surface area (Å²) in [4.78, 5) is 15.0. The molecule has 0 aliphatic carbocycles. The van der Waals surface area contributed by atoms with Crippen molar-refractivity contribution in [3.63, 3.8) is 0 Å². The normalized spacial score (nSPS) is 10.4. The first-order valence-electron chi connectivity index (χ1n) is 6.35. The zero-order chi connectivity index (χ0) is 15.4. The summed E-state index contributed by atoms with van der Waals surface area (Å²) >= 11 is 5.98. The van der Waals surface area contributed by atoms with Crippen LogP contribution in [-0.4, -0.2) is 22.6 Å². The summed E-state index contributed by atoms with van der Waals surface area (Å²) in [6.45, 7) is 2.36. The van der Waals surface area contributed by atoms with Crippen molar-refractivity contribution in [1.29, 1.82) is 0 Å². The minimum absolute atomic E-state index is 0.00660. The molecule has 0 spiro atoms. The molecule has 21 heavy (non-hydrogen) atoms. The van der Waals surface area contributed by atoms with Crippen molar-refractivity contribution in [3.8, 4) is 0 Å². The number of halogens is 2. The molecular formula is C15H14ClFN2O2. The molecule has 0 atom stereocenters. The van der Waals surface area contributed by atoms with Crippen LogP contribution in [0.15, 0.2) is 30.5 Å². The third-order valence-electron chi connectivity index (χ3n) is 3.11. The van der Waals surface area contributed by atoms with Crippen LogP contribution in [-0.2, 0) is 6.42 Å². The Kier molecular flexibility index (Phi) is 4.75. The van der Waals surface area contributed by atoms with E-state index in [0.717, 1.165) is 11.1 Å². The summed E-state index contributed by atoms with van der Waals surface area (Å²) in [5.41, 5.74) is 1.89. The molecule has 2 rings (SSSR count). The van der Waals surface area contributed by atoms with Crippen molar-refractivity contribution in [1.82, 2.24) is 4.98 Å². The van der Waals surface area contributed by atoms with Gasteiger partial charge in [0.2, 0.25) is 0 Å². The van der Waals surface area contributed by atoms with Crippen LogP contribution >= 0.6 is 11.6 Å². The lowest BCUT2D eigenvalue weighted by Crippen LogP contribution is -2.09. The Labute approximate surface area is 126 Å². The molecule has 0 aliphatic rings. The highest BCUT2D eigenvalue weighted by Crippen LogP contribution is 2.23. The van der Waals surface area contributed by atoms with Gasteiger partial charge in [-0.2, -0.15) is 0 Å². The average molecular weight is 309 g/mol. The summed E-state index contributed by atoms with van der Waals surface area (Å²) in [6, 6.07) is 5.97. The maximum atomic E-state index is 13.0. The number of rotatable bonds is 5. The van der Waals surface area contributed by atoms with Crippen LogP contribution < -0.4 is 5.32 Å². The van der Waals surface area contributed by atoms with Gasteiger partial charge in [0.1, 0.15) is 11.6 Å². The second-order valence-corrected chi connectivity index (χ2v) is 4.95. The zero-order valence-corrected chi connectivity index (χ0v) is 12.1. The summed E-state index contributed by atoms with van der Waals surface area (Å²) in [6.07, 6.45) is 2.04. The first-order valence-corrected chi connectivity index (χ1v) is 6.73. The number of carbonyl (C=O) groups is 1. The number of benzene rings is 1. The maximum absolute atomic E-state index is 13.0. The molecule has 0 fully saturated rings. The van der Waals surface area contributed by atoms with Crippen LogP contribution in [0.5, 0.6) is 0 Å². The van der Waals surface area contributed by atoms with Crippen LogP contribution in [0.1, 0.15) is 21.5 Å². The zero-order valence-electron chi connectivity index (χ0n) is 11.4. The summed E-state index contributed by atoms with van der Waals surface area (Å²) in [5.74, 6) is -1.03. The minimum Gasteiger partial charge on any atom is -0.478 e. The van der Waals surface area contributed by atoms with Crippen molar-refractivity contribution < 1.29 is 14.3 Å². The first kappa shape index (κ1) is 15.3. The second kappa shape index (κ2) is 6.54. The fraction of sp³-hybridized carbons (Fsp3) is 0.200. The van der Waals surface area contributed by atoms with Gasteiger partial charge in [0, 0.05) is 12.7 Å². The topological polar surface area (TPSA) is 62.2 Å². The van der Waals surface area contributed by atoms with Gasteiger partial charge in [-0.25, -0.2) is 14.2 Å². The van der Waals surface area contributed by atoms with E-state index in [9.17, 15) is 9.18 Å². The van der Waals surface area contributed by atoms with E-state index < -0.39 is 5.97 Å². The van der Waals surface area contributed by atoms with Gasteiger partial charge in [-0.15, -0.1) is 0 Å². The molecule has 0 saturated heterocycles. The van der Waals surface area contributed by atoms with Gasteiger partial charge >= 0.3 is 5.97 Å². The molecule has 1 heterocycles. The van der Waals surface area contributed by atoms with E-state index in [-0.39, 0.29) is 16.4 Å². The standard InChI is InChI=1S/C15H14ClFN2O2/c1-9-8-11(17)3-2-10(9)4-6-18-14-13(16)12(15(20)21)5-7-19-14/h2-3,5,7-8H,4,6H2,1H3,(H,18,19)(H,20,21). The molecule has 0 saturated carbocycles. The molecule has 1 aromatic heterocycles. The van der Waals surface area contributed by atoms with E-state index in [2.05, 4.69) is 10.3 Å². The number of anilines is 1. The summed E-state index contributed by atoms with van der Waals surface area (Å²) in [7, 11) is 0. The Balaban J connectivity index is 2.04. The number of aromatic nitrogens is 1. The number of carboxylic acids is 1. The molecule has 0 amide bonds. The first-order chi connectivity index (χ1) is 9.99. The van der Waals surface area contributed by atoms with Crippen molar-refractivity contribution >= 4 is 23.4 Å². The van der Waals surface area contributed by atoms with Gasteiger partial charge in [0.15, 0.2) is 0 Å². The van der Waals surface area contributed by atoms with E-state index in [0.29, 0.717) is 18.8 Å². The number of aromatic carboxylic acids is 1. The predicted molar refractivity (Wildman–Crippen MR) is 79.5 cm³/mol. The summed E-state index contributed by atoms with van der Waals surface area (Å²) < 4.78 is 13.0. The predicted octanol–water partition coefficient (Wildman–Crippen LogP) is 3.54. The molecule has 0 aliphatic heterocycles. The maximum Gasteiger partial charge on any atom is 0.337 e. The number of nitrogens with zero attached hydrogens (tertiary/aromatic N) is 1. The number of hydrogen-bond donors (Lipinski definition) is 2. The van der Waals surface area contributed by atoms with Gasteiger partial charge < -0.3 is 10.4 Å².